The molecule has 4 nitrogen and oxygen atoms in total. The van der Waals surface area contributed by atoms with Crippen LogP contribution in [0.1, 0.15) is 13.8 Å². The Bertz CT molecular complexity index is 591. The highest BCUT2D eigenvalue weighted by Gasteiger charge is 2.01. The Morgan fingerprint density at radius 3 is 2.65 bits per heavy atom. The number of hydrogen-bond donors (Lipinski definition) is 0. The zero-order chi connectivity index (χ0) is 12.3. The minimum Gasteiger partial charge on any atom is -0.442 e. The van der Waals surface area contributed by atoms with Crippen LogP contribution in [0.3, 0.4) is 0 Å². The number of carbonyl (C=O) groups is 1. The van der Waals surface area contributed by atoms with Crippen LogP contribution in [0.15, 0.2) is 42.3 Å². The molecule has 0 radical (unpaired) electrons. The van der Waals surface area contributed by atoms with Gasteiger partial charge in [-0.05, 0) is 26.0 Å². The van der Waals surface area contributed by atoms with E-state index in [-0.39, 0.29) is 5.78 Å². The lowest BCUT2D eigenvalue weighted by molar-refractivity contribution is -0.112. The monoisotopic (exact) mass is 228 g/mol. The Hall–Kier alpha value is -2.23. The molecule has 86 valence electrons. The van der Waals surface area contributed by atoms with Crippen molar-refractivity contribution in [3.8, 4) is 5.88 Å². The quantitative estimate of drug-likeness (QED) is 0.598. The van der Waals surface area contributed by atoms with E-state index >= 15 is 0 Å². The molecule has 0 unspecified atom stereocenters. The maximum Gasteiger partial charge on any atom is 0.238 e. The lowest BCUT2D eigenvalue weighted by Crippen LogP contribution is -1.97. The number of allylic oxidation sites excluding steroid dienone is 2. The van der Waals surface area contributed by atoms with Gasteiger partial charge in [0, 0.05) is 6.08 Å². The van der Waals surface area contributed by atoms with Gasteiger partial charge in [-0.3, -0.25) is 4.79 Å². The minimum absolute atomic E-state index is 0.0590. The summed E-state index contributed by atoms with van der Waals surface area (Å²) >= 11 is 0. The third-order valence-corrected chi connectivity index (χ3v) is 2.10. The molecule has 0 saturated carbocycles. The molecule has 2 rings (SSSR count). The van der Waals surface area contributed by atoms with E-state index in [9.17, 15) is 4.79 Å². The largest absolute Gasteiger partial charge is 0.442 e. The van der Waals surface area contributed by atoms with Crippen molar-refractivity contribution >= 4 is 16.8 Å². The average molecular weight is 228 g/mol. The first-order valence-corrected chi connectivity index (χ1v) is 5.23. The molecule has 0 aliphatic rings. The van der Waals surface area contributed by atoms with E-state index in [1.165, 1.54) is 13.0 Å². The predicted molar refractivity (Wildman–Crippen MR) is 64.6 cm³/mol. The number of carbonyl (C=O) groups excluding carboxylic acids is 1. The summed E-state index contributed by atoms with van der Waals surface area (Å²) in [5.41, 5.74) is 1.58. The highest BCUT2D eigenvalue weighted by Crippen LogP contribution is 2.14. The van der Waals surface area contributed by atoms with Crippen LogP contribution in [-0.4, -0.2) is 15.8 Å². The summed E-state index contributed by atoms with van der Waals surface area (Å²) in [6.45, 7) is 3.18. The Morgan fingerprint density at radius 2 is 1.94 bits per heavy atom. The second-order valence-corrected chi connectivity index (χ2v) is 3.66. The number of ether oxygens (including phenoxy) is 1. The highest BCUT2D eigenvalue weighted by atomic mass is 16.5. The van der Waals surface area contributed by atoms with Crippen molar-refractivity contribution in [1.82, 2.24) is 9.97 Å². The summed E-state index contributed by atoms with van der Waals surface area (Å²) in [7, 11) is 0. The number of benzene rings is 1. The molecule has 0 bridgehead atoms. The maximum atomic E-state index is 10.9. The van der Waals surface area contributed by atoms with Gasteiger partial charge in [-0.25, -0.2) is 9.97 Å². The van der Waals surface area contributed by atoms with E-state index in [0.717, 1.165) is 11.0 Å². The van der Waals surface area contributed by atoms with Gasteiger partial charge in [-0.2, -0.15) is 0 Å². The van der Waals surface area contributed by atoms with Crippen LogP contribution in [0, 0.1) is 0 Å². The standard InChI is InChI=1S/C13H12N2O2/c1-9(16)7-10(2)17-13-8-14-11-5-3-4-6-12(11)15-13/h3-8H,1-2H3/b10-7+. The molecule has 2 aromatic rings. The molecule has 0 atom stereocenters. The molecule has 0 amide bonds. The normalized spacial score (nSPS) is 11.5. The number of nitrogens with zero attached hydrogens (tertiary/aromatic N) is 2. The Morgan fingerprint density at radius 1 is 1.24 bits per heavy atom. The predicted octanol–water partition coefficient (Wildman–Crippen LogP) is 2.50. The highest BCUT2D eigenvalue weighted by molar-refractivity contribution is 5.87. The Kier molecular flexibility index (Phi) is 3.14. The molecule has 17 heavy (non-hydrogen) atoms. The first-order chi connectivity index (χ1) is 8.15. The van der Waals surface area contributed by atoms with Crippen molar-refractivity contribution in [2.45, 2.75) is 13.8 Å². The van der Waals surface area contributed by atoms with Gasteiger partial charge in [0.2, 0.25) is 5.88 Å². The summed E-state index contributed by atoms with van der Waals surface area (Å²) in [4.78, 5) is 19.4. The molecule has 0 aliphatic carbocycles. The van der Waals surface area contributed by atoms with E-state index in [4.69, 9.17) is 4.74 Å². The van der Waals surface area contributed by atoms with Gasteiger partial charge in [0.15, 0.2) is 5.78 Å². The van der Waals surface area contributed by atoms with Crippen LogP contribution in [0.25, 0.3) is 11.0 Å². The molecule has 4 heteroatoms. The van der Waals surface area contributed by atoms with Crippen LogP contribution in [0.2, 0.25) is 0 Å². The zero-order valence-electron chi connectivity index (χ0n) is 9.68. The van der Waals surface area contributed by atoms with Crippen LogP contribution in [0.4, 0.5) is 0 Å². The molecule has 0 aliphatic heterocycles. The molecule has 0 fully saturated rings. The topological polar surface area (TPSA) is 52.1 Å². The van der Waals surface area contributed by atoms with Gasteiger partial charge in [0.25, 0.3) is 0 Å². The van der Waals surface area contributed by atoms with Gasteiger partial charge in [0.1, 0.15) is 5.76 Å². The summed E-state index contributed by atoms with van der Waals surface area (Å²) < 4.78 is 5.40. The van der Waals surface area contributed by atoms with Crippen molar-refractivity contribution < 1.29 is 9.53 Å². The van der Waals surface area contributed by atoms with E-state index in [1.807, 2.05) is 24.3 Å². The minimum atomic E-state index is -0.0590. The maximum absolute atomic E-state index is 10.9. The Labute approximate surface area is 99.0 Å². The molecule has 1 heterocycles. The van der Waals surface area contributed by atoms with Crippen molar-refractivity contribution in [2.75, 3.05) is 0 Å². The second kappa shape index (κ2) is 4.74. The fourth-order valence-electron chi connectivity index (χ4n) is 1.47. The first-order valence-electron chi connectivity index (χ1n) is 5.23. The molecule has 0 spiro atoms. The lowest BCUT2D eigenvalue weighted by atomic mass is 10.3. The first kappa shape index (κ1) is 11.3. The SMILES string of the molecule is CC(=O)/C=C(\C)Oc1cnc2ccccc2n1. The number of rotatable bonds is 3. The van der Waals surface area contributed by atoms with E-state index < -0.39 is 0 Å². The average Bonchev–Trinajstić information content (AvgIpc) is 2.27. The van der Waals surface area contributed by atoms with Gasteiger partial charge in [-0.15, -0.1) is 0 Å². The number of aromatic nitrogens is 2. The van der Waals surface area contributed by atoms with E-state index in [1.54, 1.807) is 13.1 Å². The molecule has 1 aromatic heterocycles. The van der Waals surface area contributed by atoms with Crippen LogP contribution in [0.5, 0.6) is 5.88 Å². The van der Waals surface area contributed by atoms with Crippen molar-refractivity contribution in [3.05, 3.63) is 42.3 Å². The van der Waals surface area contributed by atoms with Gasteiger partial charge in [0.05, 0.1) is 17.2 Å². The smallest absolute Gasteiger partial charge is 0.238 e. The van der Waals surface area contributed by atoms with Gasteiger partial charge < -0.3 is 4.74 Å². The molecule has 0 saturated heterocycles. The van der Waals surface area contributed by atoms with Crippen LogP contribution in [-0.2, 0) is 4.79 Å². The van der Waals surface area contributed by atoms with Crippen molar-refractivity contribution in [3.63, 3.8) is 0 Å². The Balaban J connectivity index is 2.28. The van der Waals surface area contributed by atoms with Crippen molar-refractivity contribution in [1.29, 1.82) is 0 Å². The van der Waals surface area contributed by atoms with Gasteiger partial charge in [-0.1, -0.05) is 12.1 Å². The summed E-state index contributed by atoms with van der Waals surface area (Å²) in [6.07, 6.45) is 2.96. The third-order valence-electron chi connectivity index (χ3n) is 2.10. The zero-order valence-corrected chi connectivity index (χ0v) is 9.68. The summed E-state index contributed by atoms with van der Waals surface area (Å²) in [6, 6.07) is 7.53. The second-order valence-electron chi connectivity index (χ2n) is 3.66. The number of ketones is 1. The molecular weight excluding hydrogens is 216 g/mol. The molecule has 0 N–H and O–H groups in total. The van der Waals surface area contributed by atoms with E-state index in [2.05, 4.69) is 9.97 Å². The van der Waals surface area contributed by atoms with Crippen molar-refractivity contribution in [2.24, 2.45) is 0 Å². The number of hydrogen-bond acceptors (Lipinski definition) is 4. The lowest BCUT2D eigenvalue weighted by Gasteiger charge is -2.04. The fraction of sp³-hybridized carbons (Fsp3) is 0.154. The fourth-order valence-corrected chi connectivity index (χ4v) is 1.47. The third kappa shape index (κ3) is 2.87. The number of para-hydroxylation sites is 2. The van der Waals surface area contributed by atoms with Crippen LogP contribution >= 0.6 is 0 Å². The van der Waals surface area contributed by atoms with Crippen LogP contribution < -0.4 is 4.74 Å². The molecule has 1 aromatic carbocycles. The van der Waals surface area contributed by atoms with Gasteiger partial charge >= 0.3 is 0 Å². The van der Waals surface area contributed by atoms with E-state index in [0.29, 0.717) is 11.6 Å². The number of fused-ring (bicyclic) bond motifs is 1. The summed E-state index contributed by atoms with van der Waals surface area (Å²) in [5, 5.41) is 0. The summed E-state index contributed by atoms with van der Waals surface area (Å²) in [5.74, 6) is 0.831. The molecular formula is C13H12N2O2.